The van der Waals surface area contributed by atoms with E-state index >= 15 is 13.2 Å². The van der Waals surface area contributed by atoms with E-state index in [9.17, 15) is 18.0 Å². The van der Waals surface area contributed by atoms with Gasteiger partial charge in [0.15, 0.2) is 5.69 Å². The number of benzene rings is 1. The van der Waals surface area contributed by atoms with Crippen molar-refractivity contribution < 1.29 is 45.0 Å². The molecule has 0 saturated carbocycles. The first-order valence-electron chi connectivity index (χ1n) is 15.4. The van der Waals surface area contributed by atoms with Crippen LogP contribution in [0, 0.1) is 5.41 Å². The number of pyridine rings is 1. The van der Waals surface area contributed by atoms with Crippen molar-refractivity contribution in [1.29, 1.82) is 0 Å². The summed E-state index contributed by atoms with van der Waals surface area (Å²) in [5.74, 6) is -2.08. The van der Waals surface area contributed by atoms with Crippen LogP contribution in [0.25, 0.3) is 11.6 Å². The van der Waals surface area contributed by atoms with Crippen LogP contribution in [0.2, 0.25) is 0 Å². The Bertz CT molecular complexity index is 1650. The van der Waals surface area contributed by atoms with Crippen LogP contribution in [0.1, 0.15) is 77.3 Å². The minimum atomic E-state index is -5.06. The van der Waals surface area contributed by atoms with Crippen LogP contribution in [0.15, 0.2) is 53.0 Å². The molecule has 2 aliphatic heterocycles. The normalized spacial score (nSPS) is 21.4. The van der Waals surface area contributed by atoms with Crippen molar-refractivity contribution in [3.63, 3.8) is 0 Å². The van der Waals surface area contributed by atoms with Gasteiger partial charge in [-0.1, -0.05) is 56.3 Å². The second-order valence-electron chi connectivity index (χ2n) is 13.8. The van der Waals surface area contributed by atoms with Gasteiger partial charge in [0.2, 0.25) is 5.60 Å². The Kier molecular flexibility index (Phi) is 9.32. The summed E-state index contributed by atoms with van der Waals surface area (Å²) in [7, 11) is 0. The largest absolute Gasteiger partial charge is 0.444 e. The Morgan fingerprint density at radius 3 is 2.42 bits per heavy atom. The molecule has 9 nitrogen and oxygen atoms in total. The number of carbonyl (C=O) groups excluding carboxylic acids is 1. The molecule has 2 aliphatic rings. The number of carbonyl (C=O) groups is 1. The average Bonchev–Trinajstić information content (AvgIpc) is 3.56. The highest BCUT2D eigenvalue weighted by Crippen LogP contribution is 2.49. The molecule has 0 radical (unpaired) electrons. The van der Waals surface area contributed by atoms with Crippen LogP contribution >= 0.6 is 0 Å². The first-order valence-corrected chi connectivity index (χ1v) is 15.4. The molecule has 4 heterocycles. The minimum absolute atomic E-state index is 0.120. The van der Waals surface area contributed by atoms with E-state index in [1.807, 2.05) is 13.8 Å². The maximum atomic E-state index is 15.1. The first-order chi connectivity index (χ1) is 22.3. The summed E-state index contributed by atoms with van der Waals surface area (Å²) >= 11 is 0. The molecule has 1 amide bonds. The molecule has 15 heteroatoms. The number of ether oxygens (including phenoxy) is 2. The van der Waals surface area contributed by atoms with Gasteiger partial charge in [0.25, 0.3) is 11.8 Å². The number of nitrogens with one attached hydrogen (secondary N) is 1. The molecule has 260 valence electrons. The van der Waals surface area contributed by atoms with Gasteiger partial charge < -0.3 is 18.8 Å². The number of aromatic nitrogens is 3. The molecule has 3 aromatic rings. The van der Waals surface area contributed by atoms with E-state index in [1.165, 1.54) is 0 Å². The molecule has 0 spiro atoms. The zero-order chi connectivity index (χ0) is 35.1. The SMILES string of the molecule is CC1(C)CC2CC=CCCC(OCc3ccccc3)(C(F)(F)F)c3nnc(o3)-c3nc(c(C(F)(F)F)cc3NC(=O)OC(C)(C)C)N2C1. The Balaban J connectivity index is 1.72. The zero-order valence-corrected chi connectivity index (χ0v) is 27.1. The smallest absolute Gasteiger partial charge is 0.426 e. The second kappa shape index (κ2) is 12.7. The van der Waals surface area contributed by atoms with Gasteiger partial charge in [-0.2, -0.15) is 26.3 Å². The van der Waals surface area contributed by atoms with Crippen LogP contribution in [-0.2, 0) is 27.9 Å². The Labute approximate surface area is 273 Å². The van der Waals surface area contributed by atoms with Gasteiger partial charge in [-0.15, -0.1) is 10.2 Å². The van der Waals surface area contributed by atoms with Crippen LogP contribution in [0.5, 0.6) is 0 Å². The van der Waals surface area contributed by atoms with Crippen molar-refractivity contribution in [1.82, 2.24) is 15.2 Å². The zero-order valence-electron chi connectivity index (χ0n) is 27.1. The Morgan fingerprint density at radius 1 is 1.06 bits per heavy atom. The number of hydrogen-bond acceptors (Lipinski definition) is 8. The van der Waals surface area contributed by atoms with Crippen molar-refractivity contribution in [2.24, 2.45) is 5.41 Å². The molecule has 2 aromatic heterocycles. The molecule has 1 fully saturated rings. The lowest BCUT2D eigenvalue weighted by Crippen LogP contribution is -2.45. The van der Waals surface area contributed by atoms with E-state index in [-0.39, 0.29) is 19.4 Å². The quantitative estimate of drug-likeness (QED) is 0.215. The summed E-state index contributed by atoms with van der Waals surface area (Å²) < 4.78 is 106. The molecule has 2 unspecified atom stereocenters. The summed E-state index contributed by atoms with van der Waals surface area (Å²) in [5, 5.41) is 9.82. The third-order valence-electron chi connectivity index (χ3n) is 8.04. The van der Waals surface area contributed by atoms with Gasteiger partial charge in [0.1, 0.15) is 17.0 Å². The lowest BCUT2D eigenvalue weighted by Gasteiger charge is -2.32. The predicted molar refractivity (Wildman–Crippen MR) is 164 cm³/mol. The van der Waals surface area contributed by atoms with Crippen molar-refractivity contribution in [3.8, 4) is 11.6 Å². The number of alkyl halides is 6. The molecule has 0 aliphatic carbocycles. The van der Waals surface area contributed by atoms with Gasteiger partial charge in [0, 0.05) is 12.6 Å². The number of allylic oxidation sites excluding steroid dienone is 1. The summed E-state index contributed by atoms with van der Waals surface area (Å²) in [6, 6.07) is 8.41. The summed E-state index contributed by atoms with van der Waals surface area (Å²) in [5.41, 5.74) is -6.24. The van der Waals surface area contributed by atoms with Gasteiger partial charge in [-0.05, 0) is 63.5 Å². The van der Waals surface area contributed by atoms with Gasteiger partial charge in [0.05, 0.1) is 12.3 Å². The molecule has 1 aromatic carbocycles. The first kappa shape index (κ1) is 35.2. The van der Waals surface area contributed by atoms with E-state index < -0.39 is 88.7 Å². The number of amides is 1. The summed E-state index contributed by atoms with van der Waals surface area (Å²) in [6.07, 6.45) is -7.91. The summed E-state index contributed by atoms with van der Waals surface area (Å²) in [4.78, 5) is 18.7. The van der Waals surface area contributed by atoms with Crippen molar-refractivity contribution in [2.75, 3.05) is 16.8 Å². The van der Waals surface area contributed by atoms with E-state index in [0.29, 0.717) is 18.1 Å². The average molecular weight is 682 g/mol. The highest BCUT2D eigenvalue weighted by Gasteiger charge is 2.61. The van der Waals surface area contributed by atoms with Crippen molar-refractivity contribution in [2.45, 2.75) is 96.5 Å². The van der Waals surface area contributed by atoms with E-state index in [4.69, 9.17) is 13.9 Å². The lowest BCUT2D eigenvalue weighted by atomic mass is 9.90. The van der Waals surface area contributed by atoms with Crippen LogP contribution in [0.3, 0.4) is 0 Å². The third kappa shape index (κ3) is 7.61. The Morgan fingerprint density at radius 2 is 1.77 bits per heavy atom. The monoisotopic (exact) mass is 681 g/mol. The fourth-order valence-electron chi connectivity index (χ4n) is 5.97. The standard InChI is InChI=1S/C33H37F6N5O4/c1-29(2,3)48-28(45)40-23-16-22(32(34,35)36)25-41-24(23)26-42-43-27(47-26)31(33(37,38)39,46-18-20-12-8-6-9-13-20)15-11-7-10-14-21-17-30(4,5)19-44(21)25/h6-10,12-13,16,21H,11,14-15,17-19H2,1-5H3,(H,40,45). The highest BCUT2D eigenvalue weighted by atomic mass is 19.4. The topological polar surface area (TPSA) is 103 Å². The van der Waals surface area contributed by atoms with Crippen LogP contribution in [0.4, 0.5) is 42.6 Å². The number of rotatable bonds is 4. The Hall–Kier alpha value is -4.14. The van der Waals surface area contributed by atoms with Crippen molar-refractivity contribution >= 4 is 17.6 Å². The molecule has 4 bridgehead atoms. The minimum Gasteiger partial charge on any atom is -0.444 e. The molecular weight excluding hydrogens is 644 g/mol. The third-order valence-corrected chi connectivity index (χ3v) is 8.04. The number of hydrogen-bond donors (Lipinski definition) is 1. The molecular formula is C33H37F6N5O4. The van der Waals surface area contributed by atoms with E-state index in [2.05, 4.69) is 20.5 Å². The number of halogens is 6. The molecule has 48 heavy (non-hydrogen) atoms. The maximum absolute atomic E-state index is 15.1. The number of fused-ring (bicyclic) bond motifs is 7. The highest BCUT2D eigenvalue weighted by molar-refractivity contribution is 5.90. The fraction of sp³-hybridized carbons (Fsp3) is 0.515. The second-order valence-corrected chi connectivity index (χ2v) is 13.8. The van der Waals surface area contributed by atoms with Crippen LogP contribution in [-0.4, -0.2) is 45.6 Å². The van der Waals surface area contributed by atoms with Crippen LogP contribution < -0.4 is 10.2 Å². The number of nitrogens with zero attached hydrogens (tertiary/aromatic N) is 4. The maximum Gasteiger partial charge on any atom is 0.426 e. The van der Waals surface area contributed by atoms with Gasteiger partial charge in [-0.25, -0.2) is 9.78 Å². The molecule has 2 atom stereocenters. The van der Waals surface area contributed by atoms with Gasteiger partial charge in [-0.3, -0.25) is 5.32 Å². The molecule has 1 saturated heterocycles. The number of anilines is 2. The van der Waals surface area contributed by atoms with Gasteiger partial charge >= 0.3 is 18.4 Å². The molecule has 1 N–H and O–H groups in total. The predicted octanol–water partition coefficient (Wildman–Crippen LogP) is 8.82. The lowest BCUT2D eigenvalue weighted by molar-refractivity contribution is -0.299. The summed E-state index contributed by atoms with van der Waals surface area (Å²) in [6.45, 7) is 8.25. The van der Waals surface area contributed by atoms with E-state index in [0.717, 1.165) is 0 Å². The fourth-order valence-corrected chi connectivity index (χ4v) is 5.97. The van der Waals surface area contributed by atoms with E-state index in [1.54, 1.807) is 68.2 Å². The molecule has 5 rings (SSSR count). The van der Waals surface area contributed by atoms with Crippen molar-refractivity contribution in [3.05, 3.63) is 65.6 Å².